The van der Waals surface area contributed by atoms with Gasteiger partial charge >= 0.3 is 0 Å². The maximum absolute atomic E-state index is 5.78. The summed E-state index contributed by atoms with van der Waals surface area (Å²) in [6.45, 7) is 6.42. The Balaban J connectivity index is 1.85. The van der Waals surface area contributed by atoms with Crippen LogP contribution in [0.2, 0.25) is 0 Å². The second kappa shape index (κ2) is 5.95. The van der Waals surface area contributed by atoms with E-state index in [1.165, 1.54) is 30.5 Å². The number of fused-ring (bicyclic) bond motifs is 1. The molecule has 1 N–H and O–H groups in total. The molecule has 2 nitrogen and oxygen atoms in total. The Hall–Kier alpha value is -1.18. The van der Waals surface area contributed by atoms with Crippen molar-refractivity contribution in [1.29, 1.82) is 0 Å². The largest absolute Gasteiger partial charge is 0.494 e. The van der Waals surface area contributed by atoms with Gasteiger partial charge in [0.25, 0.3) is 0 Å². The monoisotopic (exact) mass is 233 g/mol. The van der Waals surface area contributed by atoms with E-state index in [1.807, 2.05) is 0 Å². The number of hydrogen-bond acceptors (Lipinski definition) is 2. The number of benzene rings is 1. The first-order chi connectivity index (χ1) is 8.25. The molecule has 17 heavy (non-hydrogen) atoms. The van der Waals surface area contributed by atoms with Crippen LogP contribution in [-0.2, 0) is 6.42 Å². The first-order valence-corrected chi connectivity index (χ1v) is 6.75. The smallest absolute Gasteiger partial charge is 0.121 e. The lowest BCUT2D eigenvalue weighted by Crippen LogP contribution is -2.11. The second-order valence-corrected chi connectivity index (χ2v) is 5.23. The van der Waals surface area contributed by atoms with Gasteiger partial charge in [0.15, 0.2) is 0 Å². The third-order valence-corrected chi connectivity index (χ3v) is 3.21. The van der Waals surface area contributed by atoms with E-state index in [0.29, 0.717) is 0 Å². The van der Waals surface area contributed by atoms with Gasteiger partial charge in [0.05, 0.1) is 6.61 Å². The van der Waals surface area contributed by atoms with Crippen molar-refractivity contribution in [3.05, 3.63) is 23.8 Å². The third kappa shape index (κ3) is 3.65. The summed E-state index contributed by atoms with van der Waals surface area (Å²) in [6.07, 6.45) is 4.81. The Morgan fingerprint density at radius 3 is 3.06 bits per heavy atom. The van der Waals surface area contributed by atoms with E-state index in [4.69, 9.17) is 4.74 Å². The molecule has 1 aromatic carbocycles. The van der Waals surface area contributed by atoms with E-state index in [1.54, 1.807) is 0 Å². The van der Waals surface area contributed by atoms with Gasteiger partial charge in [0.2, 0.25) is 0 Å². The maximum atomic E-state index is 5.78. The molecule has 0 spiro atoms. The molecule has 0 radical (unpaired) electrons. The normalized spacial score (nSPS) is 14.3. The molecule has 1 aliphatic heterocycles. The molecular formula is C15H23NO. The molecule has 0 saturated carbocycles. The molecule has 1 aliphatic rings. The molecule has 1 heterocycles. The molecule has 0 fully saturated rings. The highest BCUT2D eigenvalue weighted by atomic mass is 16.5. The fourth-order valence-electron chi connectivity index (χ4n) is 2.21. The molecule has 0 amide bonds. The Morgan fingerprint density at radius 2 is 2.24 bits per heavy atom. The van der Waals surface area contributed by atoms with Gasteiger partial charge in [0.1, 0.15) is 5.75 Å². The van der Waals surface area contributed by atoms with Crippen molar-refractivity contribution >= 4 is 5.69 Å². The van der Waals surface area contributed by atoms with E-state index in [2.05, 4.69) is 37.4 Å². The van der Waals surface area contributed by atoms with Crippen molar-refractivity contribution in [2.24, 2.45) is 5.92 Å². The lowest BCUT2D eigenvalue weighted by Gasteiger charge is -2.18. The summed E-state index contributed by atoms with van der Waals surface area (Å²) in [7, 11) is 0. The second-order valence-electron chi connectivity index (χ2n) is 5.23. The first-order valence-electron chi connectivity index (χ1n) is 6.75. The zero-order valence-electron chi connectivity index (χ0n) is 11.0. The highest BCUT2D eigenvalue weighted by Crippen LogP contribution is 2.26. The van der Waals surface area contributed by atoms with Gasteiger partial charge < -0.3 is 10.1 Å². The van der Waals surface area contributed by atoms with Gasteiger partial charge in [-0.15, -0.1) is 0 Å². The molecular weight excluding hydrogens is 210 g/mol. The molecule has 0 aliphatic carbocycles. The van der Waals surface area contributed by atoms with E-state index in [-0.39, 0.29) is 0 Å². The number of hydrogen-bond donors (Lipinski definition) is 1. The zero-order valence-corrected chi connectivity index (χ0v) is 11.0. The van der Waals surface area contributed by atoms with Crippen LogP contribution in [-0.4, -0.2) is 13.2 Å². The summed E-state index contributed by atoms with van der Waals surface area (Å²) < 4.78 is 5.78. The van der Waals surface area contributed by atoms with Gasteiger partial charge in [-0.1, -0.05) is 19.9 Å². The van der Waals surface area contributed by atoms with Gasteiger partial charge in [0, 0.05) is 18.3 Å². The van der Waals surface area contributed by atoms with Crippen molar-refractivity contribution < 1.29 is 4.74 Å². The zero-order chi connectivity index (χ0) is 12.1. The van der Waals surface area contributed by atoms with Crippen LogP contribution < -0.4 is 10.1 Å². The topological polar surface area (TPSA) is 21.3 Å². The minimum absolute atomic E-state index is 0.767. The molecule has 94 valence electrons. The molecule has 0 aromatic heterocycles. The van der Waals surface area contributed by atoms with E-state index in [9.17, 15) is 0 Å². The van der Waals surface area contributed by atoms with Crippen LogP contribution >= 0.6 is 0 Å². The Morgan fingerprint density at radius 1 is 1.35 bits per heavy atom. The van der Waals surface area contributed by atoms with Crippen LogP contribution in [0.25, 0.3) is 0 Å². The predicted octanol–water partition coefficient (Wildman–Crippen LogP) is 3.86. The lowest BCUT2D eigenvalue weighted by atomic mass is 10.0. The number of ether oxygens (including phenoxy) is 1. The number of nitrogens with one attached hydrogen (secondary N) is 1. The molecule has 0 saturated heterocycles. The summed E-state index contributed by atoms with van der Waals surface area (Å²) in [5.41, 5.74) is 2.68. The summed E-state index contributed by atoms with van der Waals surface area (Å²) in [5, 5.41) is 3.43. The van der Waals surface area contributed by atoms with Crippen LogP contribution in [0.4, 0.5) is 5.69 Å². The Labute approximate surface area is 104 Å². The van der Waals surface area contributed by atoms with Crippen LogP contribution in [0.3, 0.4) is 0 Å². The van der Waals surface area contributed by atoms with Crippen molar-refractivity contribution in [2.45, 2.75) is 39.5 Å². The van der Waals surface area contributed by atoms with Crippen LogP contribution in [0.1, 0.15) is 38.7 Å². The van der Waals surface area contributed by atoms with Crippen molar-refractivity contribution in [3.8, 4) is 5.75 Å². The molecule has 0 atom stereocenters. The van der Waals surface area contributed by atoms with Crippen LogP contribution in [0.15, 0.2) is 18.2 Å². The van der Waals surface area contributed by atoms with Crippen LogP contribution in [0, 0.1) is 5.92 Å². The minimum Gasteiger partial charge on any atom is -0.494 e. The summed E-state index contributed by atoms with van der Waals surface area (Å²) >= 11 is 0. The summed E-state index contributed by atoms with van der Waals surface area (Å²) in [5.74, 6) is 1.77. The average Bonchev–Trinajstić information content (AvgIpc) is 2.34. The van der Waals surface area contributed by atoms with E-state index < -0.39 is 0 Å². The fourth-order valence-corrected chi connectivity index (χ4v) is 2.21. The number of anilines is 1. The van der Waals surface area contributed by atoms with Crippen molar-refractivity contribution in [3.63, 3.8) is 0 Å². The quantitative estimate of drug-likeness (QED) is 0.780. The molecule has 1 aromatic rings. The number of rotatable bonds is 5. The van der Waals surface area contributed by atoms with Crippen molar-refractivity contribution in [1.82, 2.24) is 0 Å². The standard InChI is InChI=1S/C15H23NO/c1-12(2)5-4-10-17-14-8-7-13-6-3-9-16-15(13)11-14/h7-8,11-12,16H,3-6,9-10H2,1-2H3. The van der Waals surface area contributed by atoms with Gasteiger partial charge in [-0.2, -0.15) is 0 Å². The third-order valence-electron chi connectivity index (χ3n) is 3.21. The molecule has 2 heteroatoms. The summed E-state index contributed by atoms with van der Waals surface area (Å²) in [4.78, 5) is 0. The van der Waals surface area contributed by atoms with Gasteiger partial charge in [-0.25, -0.2) is 0 Å². The maximum Gasteiger partial charge on any atom is 0.121 e. The Kier molecular flexibility index (Phi) is 4.29. The first kappa shape index (κ1) is 12.3. The average molecular weight is 233 g/mol. The fraction of sp³-hybridized carbons (Fsp3) is 0.600. The minimum atomic E-state index is 0.767. The SMILES string of the molecule is CC(C)CCCOc1ccc2c(c1)NCCC2. The molecule has 0 unspecified atom stereocenters. The predicted molar refractivity (Wildman–Crippen MR) is 72.8 cm³/mol. The highest BCUT2D eigenvalue weighted by Gasteiger charge is 2.08. The van der Waals surface area contributed by atoms with E-state index >= 15 is 0 Å². The highest BCUT2D eigenvalue weighted by molar-refractivity contribution is 5.56. The Bertz CT molecular complexity index is 360. The number of aryl methyl sites for hydroxylation is 1. The summed E-state index contributed by atoms with van der Waals surface area (Å²) in [6, 6.07) is 6.43. The lowest BCUT2D eigenvalue weighted by molar-refractivity contribution is 0.298. The molecule has 0 bridgehead atoms. The van der Waals surface area contributed by atoms with Gasteiger partial charge in [-0.3, -0.25) is 0 Å². The van der Waals surface area contributed by atoms with Crippen LogP contribution in [0.5, 0.6) is 5.75 Å². The van der Waals surface area contributed by atoms with Gasteiger partial charge in [-0.05, 0) is 43.2 Å². The van der Waals surface area contributed by atoms with E-state index in [0.717, 1.165) is 31.2 Å². The molecule has 2 rings (SSSR count). The van der Waals surface area contributed by atoms with Crippen molar-refractivity contribution in [2.75, 3.05) is 18.5 Å².